The number of ether oxygens (including phenoxy) is 3. The van der Waals surface area contributed by atoms with E-state index >= 15 is 0 Å². The highest BCUT2D eigenvalue weighted by molar-refractivity contribution is 7.21. The molecule has 0 unspecified atom stereocenters. The summed E-state index contributed by atoms with van der Waals surface area (Å²) in [5.74, 6) is -0.554. The number of thiophene rings is 1. The van der Waals surface area contributed by atoms with Gasteiger partial charge in [-0.1, -0.05) is 30.6 Å². The van der Waals surface area contributed by atoms with Crippen LogP contribution in [0.2, 0.25) is 0 Å². The van der Waals surface area contributed by atoms with Crippen molar-refractivity contribution in [3.05, 3.63) is 68.4 Å². The Hall–Kier alpha value is -3.88. The van der Waals surface area contributed by atoms with E-state index in [0.29, 0.717) is 26.7 Å². The Morgan fingerprint density at radius 1 is 1.13 bits per heavy atom. The van der Waals surface area contributed by atoms with Gasteiger partial charge in [0.15, 0.2) is 0 Å². The van der Waals surface area contributed by atoms with Gasteiger partial charge < -0.3 is 19.5 Å². The first-order valence-corrected chi connectivity index (χ1v) is 15.8. The van der Waals surface area contributed by atoms with E-state index in [9.17, 15) is 18.8 Å². The van der Waals surface area contributed by atoms with Crippen LogP contribution in [0.5, 0.6) is 5.75 Å². The first-order valence-electron chi connectivity index (χ1n) is 15.0. The van der Waals surface area contributed by atoms with Gasteiger partial charge in [-0.15, -0.1) is 4.80 Å². The number of fused-ring (bicyclic) bond motifs is 1. The van der Waals surface area contributed by atoms with Crippen molar-refractivity contribution in [1.82, 2.24) is 29.4 Å². The summed E-state index contributed by atoms with van der Waals surface area (Å²) < 4.78 is 33.9. The monoisotopic (exact) mass is 642 g/mol. The Labute approximate surface area is 263 Å². The molecule has 5 rings (SSSR count). The van der Waals surface area contributed by atoms with Gasteiger partial charge in [0.05, 0.1) is 44.6 Å². The molecular weight excluding hydrogens is 603 g/mol. The second-order valence-corrected chi connectivity index (χ2v) is 12.6. The van der Waals surface area contributed by atoms with Crippen LogP contribution in [0.15, 0.2) is 40.2 Å². The summed E-state index contributed by atoms with van der Waals surface area (Å²) in [5.41, 5.74) is -1.90. The van der Waals surface area contributed by atoms with Crippen molar-refractivity contribution in [2.45, 2.75) is 77.1 Å². The van der Waals surface area contributed by atoms with Crippen molar-refractivity contribution in [1.29, 1.82) is 0 Å². The lowest BCUT2D eigenvalue weighted by atomic mass is 9.94. The zero-order valence-electron chi connectivity index (χ0n) is 26.2. The Balaban J connectivity index is 1.71. The van der Waals surface area contributed by atoms with Gasteiger partial charge in [0.25, 0.3) is 5.56 Å². The Morgan fingerprint density at radius 2 is 1.84 bits per heavy atom. The Bertz CT molecular complexity index is 1770. The number of rotatable bonds is 12. The van der Waals surface area contributed by atoms with Crippen molar-refractivity contribution in [2.75, 3.05) is 27.4 Å². The van der Waals surface area contributed by atoms with Crippen molar-refractivity contribution >= 4 is 27.5 Å². The fourth-order valence-electron chi connectivity index (χ4n) is 5.85. The van der Waals surface area contributed by atoms with Crippen LogP contribution in [-0.2, 0) is 26.4 Å². The molecule has 0 spiro atoms. The molecule has 1 fully saturated rings. The molecule has 45 heavy (non-hydrogen) atoms. The number of nitrogens with one attached hydrogen (secondary N) is 1. The van der Waals surface area contributed by atoms with Crippen molar-refractivity contribution in [3.8, 4) is 10.8 Å². The van der Waals surface area contributed by atoms with Gasteiger partial charge in [-0.05, 0) is 51.8 Å². The van der Waals surface area contributed by atoms with Crippen molar-refractivity contribution in [3.63, 3.8) is 0 Å². The Morgan fingerprint density at radius 3 is 2.51 bits per heavy atom. The van der Waals surface area contributed by atoms with E-state index in [-0.39, 0.29) is 31.2 Å². The number of carbonyl (C=O) groups is 1. The van der Waals surface area contributed by atoms with Crippen LogP contribution < -0.4 is 21.3 Å². The molecule has 1 atom stereocenters. The number of methoxy groups -OCH3 is 2. The molecule has 1 aromatic carbocycles. The van der Waals surface area contributed by atoms with E-state index in [0.717, 1.165) is 36.7 Å². The van der Waals surface area contributed by atoms with Crippen LogP contribution in [0, 0.1) is 12.7 Å². The molecule has 1 amide bonds. The van der Waals surface area contributed by atoms with E-state index in [1.807, 2.05) is 0 Å². The first kappa shape index (κ1) is 32.5. The van der Waals surface area contributed by atoms with Crippen LogP contribution in [0.3, 0.4) is 0 Å². The second kappa shape index (κ2) is 13.6. The third-order valence-electron chi connectivity index (χ3n) is 8.34. The molecule has 1 aliphatic carbocycles. The molecule has 14 heteroatoms. The van der Waals surface area contributed by atoms with E-state index in [2.05, 4.69) is 15.5 Å². The van der Waals surface area contributed by atoms with Crippen LogP contribution >= 0.6 is 11.3 Å². The van der Waals surface area contributed by atoms with Gasteiger partial charge in [-0.2, -0.15) is 10.2 Å². The average molecular weight is 643 g/mol. The SMILES string of the molecule is COCCO[C@@H](Cn1c(=O)n(C(C)(C)C(=O)NC2CCCCC2)c(=O)c2c(C)c(-n3nccn3)sc21)c1cc(F)ccc1OC. The fourth-order valence-corrected chi connectivity index (χ4v) is 7.07. The number of aryl methyl sites for hydroxylation is 1. The van der Waals surface area contributed by atoms with Crippen LogP contribution in [-0.4, -0.2) is 63.5 Å². The van der Waals surface area contributed by atoms with Crippen LogP contribution in [0.4, 0.5) is 4.39 Å². The zero-order valence-corrected chi connectivity index (χ0v) is 27.0. The molecule has 1 N–H and O–H groups in total. The summed E-state index contributed by atoms with van der Waals surface area (Å²) in [6, 6.07) is 4.05. The molecule has 0 aliphatic heterocycles. The molecule has 3 aromatic heterocycles. The molecule has 4 aromatic rings. The van der Waals surface area contributed by atoms with Gasteiger partial charge in [-0.25, -0.2) is 13.8 Å². The molecule has 242 valence electrons. The number of benzene rings is 1. The molecule has 3 heterocycles. The quantitative estimate of drug-likeness (QED) is 0.231. The van der Waals surface area contributed by atoms with E-state index in [1.54, 1.807) is 20.8 Å². The smallest absolute Gasteiger partial charge is 0.333 e. The number of nitrogens with zero attached hydrogens (tertiary/aromatic N) is 5. The number of hydrogen-bond acceptors (Lipinski definition) is 9. The number of hydrogen-bond donors (Lipinski definition) is 1. The summed E-state index contributed by atoms with van der Waals surface area (Å²) in [6.45, 7) is 5.17. The number of halogens is 1. The van der Waals surface area contributed by atoms with E-state index in [1.165, 1.54) is 65.5 Å². The summed E-state index contributed by atoms with van der Waals surface area (Å²) in [6.07, 6.45) is 6.98. The normalized spacial score (nSPS) is 15.0. The van der Waals surface area contributed by atoms with Gasteiger partial charge in [-0.3, -0.25) is 14.2 Å². The van der Waals surface area contributed by atoms with E-state index < -0.39 is 34.6 Å². The molecular formula is C31H39FN6O6S. The lowest BCUT2D eigenvalue weighted by Crippen LogP contribution is -2.57. The highest BCUT2D eigenvalue weighted by atomic mass is 32.1. The average Bonchev–Trinajstić information content (AvgIpc) is 3.67. The van der Waals surface area contributed by atoms with Crippen molar-refractivity contribution in [2.24, 2.45) is 0 Å². The number of aromatic nitrogens is 5. The number of amides is 1. The Kier molecular flexibility index (Phi) is 9.85. The van der Waals surface area contributed by atoms with Gasteiger partial charge in [0.2, 0.25) is 5.91 Å². The minimum atomic E-state index is -1.54. The molecule has 1 saturated carbocycles. The highest BCUT2D eigenvalue weighted by Crippen LogP contribution is 2.34. The molecule has 12 nitrogen and oxygen atoms in total. The minimum Gasteiger partial charge on any atom is -0.496 e. The van der Waals surface area contributed by atoms with Gasteiger partial charge >= 0.3 is 5.69 Å². The highest BCUT2D eigenvalue weighted by Gasteiger charge is 2.37. The van der Waals surface area contributed by atoms with Gasteiger partial charge in [0.1, 0.15) is 33.0 Å². The second-order valence-electron chi connectivity index (χ2n) is 11.7. The third-order valence-corrected chi connectivity index (χ3v) is 9.62. The summed E-state index contributed by atoms with van der Waals surface area (Å²) >= 11 is 1.17. The maximum atomic E-state index is 14.6. The molecule has 0 bridgehead atoms. The predicted octanol–water partition coefficient (Wildman–Crippen LogP) is 3.85. The summed E-state index contributed by atoms with van der Waals surface area (Å²) in [7, 11) is 3.00. The molecule has 0 radical (unpaired) electrons. The third kappa shape index (κ3) is 6.44. The maximum absolute atomic E-state index is 14.6. The first-order chi connectivity index (χ1) is 21.6. The minimum absolute atomic E-state index is 0.0217. The molecule has 1 aliphatic rings. The molecule has 0 saturated heterocycles. The summed E-state index contributed by atoms with van der Waals surface area (Å²) in [4.78, 5) is 44.3. The van der Waals surface area contributed by atoms with E-state index in [4.69, 9.17) is 14.2 Å². The van der Waals surface area contributed by atoms with Gasteiger partial charge in [0, 0.05) is 24.3 Å². The lowest BCUT2D eigenvalue weighted by Gasteiger charge is -2.31. The largest absolute Gasteiger partial charge is 0.496 e. The van der Waals surface area contributed by atoms with Crippen molar-refractivity contribution < 1.29 is 23.4 Å². The predicted molar refractivity (Wildman–Crippen MR) is 168 cm³/mol. The standard InChI is InChI=1S/C31H39FN6O6S/c1-19-25-26(39)37(31(2,3)29(40)35-21-9-7-6-8-10-21)30(41)36(28(25)45-27(19)38-33-13-14-34-38)18-24(44-16-15-42-4)22-17-20(32)11-12-23(22)43-5/h11-14,17,21,24H,6-10,15-16,18H2,1-5H3,(H,35,40)/t24-/m0/s1. The fraction of sp³-hybridized carbons (Fsp3) is 0.516. The van der Waals surface area contributed by atoms with Crippen LogP contribution in [0.1, 0.15) is 63.2 Å². The van der Waals surface area contributed by atoms with Crippen LogP contribution in [0.25, 0.3) is 15.2 Å². The maximum Gasteiger partial charge on any atom is 0.333 e. The topological polar surface area (TPSA) is 132 Å². The lowest BCUT2D eigenvalue weighted by molar-refractivity contribution is -0.129. The summed E-state index contributed by atoms with van der Waals surface area (Å²) in [5, 5.41) is 12.4. The zero-order chi connectivity index (χ0) is 32.3. The number of carbonyl (C=O) groups excluding carboxylic acids is 1.